The Hall–Kier alpha value is -1.75. The largest absolute Gasteiger partial charge is 0.398 e. The molecule has 0 aliphatic rings. The van der Waals surface area contributed by atoms with E-state index >= 15 is 0 Å². The first kappa shape index (κ1) is 12.7. The second kappa shape index (κ2) is 5.27. The Morgan fingerprint density at radius 3 is 2.72 bits per heavy atom. The highest BCUT2D eigenvalue weighted by molar-refractivity contribution is 7.99. The normalized spacial score (nSPS) is 10.8. The lowest BCUT2D eigenvalue weighted by Crippen LogP contribution is -2.23. The van der Waals surface area contributed by atoms with Crippen LogP contribution in [0.1, 0.15) is 19.9 Å². The molecule has 18 heavy (non-hydrogen) atoms. The summed E-state index contributed by atoms with van der Waals surface area (Å²) >= 11 is 1.30. The van der Waals surface area contributed by atoms with Gasteiger partial charge in [0.15, 0.2) is 5.03 Å². The summed E-state index contributed by atoms with van der Waals surface area (Å²) in [5, 5.41) is 0.448. The van der Waals surface area contributed by atoms with E-state index in [-0.39, 0.29) is 11.6 Å². The van der Waals surface area contributed by atoms with E-state index in [9.17, 15) is 4.79 Å². The standard InChI is InChI=1S/C13H15N3OS/c1-9(2)16-8-7-15-12(13(16)17)18-11-6-4-3-5-10(11)14/h3-9H,14H2,1-2H3. The second-order valence-electron chi connectivity index (χ2n) is 4.18. The van der Waals surface area contributed by atoms with E-state index < -0.39 is 0 Å². The molecule has 2 N–H and O–H groups in total. The third-order valence-corrected chi connectivity index (χ3v) is 3.58. The van der Waals surface area contributed by atoms with Crippen molar-refractivity contribution in [3.8, 4) is 0 Å². The minimum Gasteiger partial charge on any atom is -0.398 e. The summed E-state index contributed by atoms with van der Waals surface area (Å²) in [5.41, 5.74) is 6.43. The van der Waals surface area contributed by atoms with Gasteiger partial charge in [0.2, 0.25) is 0 Å². The Balaban J connectivity index is 2.39. The molecule has 1 aromatic heterocycles. The monoisotopic (exact) mass is 261 g/mol. The van der Waals surface area contributed by atoms with E-state index in [0.29, 0.717) is 10.7 Å². The van der Waals surface area contributed by atoms with Crippen molar-refractivity contribution >= 4 is 17.4 Å². The van der Waals surface area contributed by atoms with Crippen LogP contribution in [0, 0.1) is 0 Å². The lowest BCUT2D eigenvalue weighted by molar-refractivity contribution is 0.561. The second-order valence-corrected chi connectivity index (χ2v) is 5.21. The van der Waals surface area contributed by atoms with E-state index in [0.717, 1.165) is 4.90 Å². The minimum absolute atomic E-state index is 0.0826. The lowest BCUT2D eigenvalue weighted by Gasteiger charge is -2.10. The number of nitrogen functional groups attached to an aromatic ring is 1. The van der Waals surface area contributed by atoms with Crippen LogP contribution < -0.4 is 11.3 Å². The molecule has 0 bridgehead atoms. The zero-order valence-electron chi connectivity index (χ0n) is 10.3. The highest BCUT2D eigenvalue weighted by Gasteiger charge is 2.10. The van der Waals surface area contributed by atoms with Gasteiger partial charge in [0.1, 0.15) is 0 Å². The maximum Gasteiger partial charge on any atom is 0.283 e. The first-order valence-electron chi connectivity index (χ1n) is 5.69. The van der Waals surface area contributed by atoms with Gasteiger partial charge in [-0.15, -0.1) is 0 Å². The van der Waals surface area contributed by atoms with Crippen molar-refractivity contribution in [3.63, 3.8) is 0 Å². The number of benzene rings is 1. The molecule has 0 saturated heterocycles. The summed E-state index contributed by atoms with van der Waals surface area (Å²) < 4.78 is 1.66. The highest BCUT2D eigenvalue weighted by Crippen LogP contribution is 2.28. The van der Waals surface area contributed by atoms with Crippen LogP contribution in [0.4, 0.5) is 5.69 Å². The zero-order chi connectivity index (χ0) is 13.1. The predicted molar refractivity (Wildman–Crippen MR) is 73.9 cm³/mol. The fourth-order valence-corrected chi connectivity index (χ4v) is 2.41. The number of hydrogen-bond donors (Lipinski definition) is 1. The van der Waals surface area contributed by atoms with Gasteiger partial charge in [-0.3, -0.25) is 4.79 Å². The molecular formula is C13H15N3OS. The van der Waals surface area contributed by atoms with Crippen molar-refractivity contribution in [1.29, 1.82) is 0 Å². The minimum atomic E-state index is -0.0826. The fraction of sp³-hybridized carbons (Fsp3) is 0.231. The van der Waals surface area contributed by atoms with E-state index in [2.05, 4.69) is 4.98 Å². The van der Waals surface area contributed by atoms with Crippen molar-refractivity contribution in [2.75, 3.05) is 5.73 Å². The summed E-state index contributed by atoms with van der Waals surface area (Å²) in [4.78, 5) is 17.1. The summed E-state index contributed by atoms with van der Waals surface area (Å²) in [7, 11) is 0. The Morgan fingerprint density at radius 1 is 1.33 bits per heavy atom. The molecule has 1 heterocycles. The topological polar surface area (TPSA) is 60.9 Å². The molecule has 0 aliphatic heterocycles. The highest BCUT2D eigenvalue weighted by atomic mass is 32.2. The third kappa shape index (κ3) is 2.56. The van der Waals surface area contributed by atoms with Crippen LogP contribution in [-0.4, -0.2) is 9.55 Å². The molecule has 1 aromatic carbocycles. The summed E-state index contributed by atoms with van der Waals surface area (Å²) in [5.74, 6) is 0. The maximum absolute atomic E-state index is 12.2. The van der Waals surface area contributed by atoms with Gasteiger partial charge >= 0.3 is 0 Å². The fourth-order valence-electron chi connectivity index (χ4n) is 1.56. The van der Waals surface area contributed by atoms with Gasteiger partial charge in [-0.2, -0.15) is 0 Å². The van der Waals surface area contributed by atoms with Crippen LogP contribution in [0.2, 0.25) is 0 Å². The van der Waals surface area contributed by atoms with E-state index in [1.54, 1.807) is 17.0 Å². The molecule has 0 amide bonds. The SMILES string of the molecule is CC(C)n1ccnc(Sc2ccccc2N)c1=O. The Bertz CT molecular complexity index is 607. The Kier molecular flexibility index (Phi) is 3.72. The van der Waals surface area contributed by atoms with Gasteiger partial charge in [-0.25, -0.2) is 4.98 Å². The number of nitrogens with zero attached hydrogens (tertiary/aromatic N) is 2. The van der Waals surface area contributed by atoms with Crippen molar-refractivity contribution in [2.24, 2.45) is 0 Å². The molecule has 0 fully saturated rings. The van der Waals surface area contributed by atoms with Crippen LogP contribution in [-0.2, 0) is 0 Å². The van der Waals surface area contributed by atoms with Crippen molar-refractivity contribution in [3.05, 3.63) is 47.0 Å². The van der Waals surface area contributed by atoms with Crippen molar-refractivity contribution in [2.45, 2.75) is 29.8 Å². The van der Waals surface area contributed by atoms with Crippen molar-refractivity contribution in [1.82, 2.24) is 9.55 Å². The summed E-state index contributed by atoms with van der Waals surface area (Å²) in [6.07, 6.45) is 3.34. The van der Waals surface area contributed by atoms with Gasteiger partial charge in [0, 0.05) is 29.0 Å². The Labute approximate surface area is 110 Å². The molecule has 94 valence electrons. The van der Waals surface area contributed by atoms with E-state index in [1.807, 2.05) is 38.1 Å². The molecule has 0 aliphatic carbocycles. The molecule has 0 spiro atoms. The predicted octanol–water partition coefficient (Wildman–Crippen LogP) is 2.56. The number of hydrogen-bond acceptors (Lipinski definition) is 4. The number of nitrogens with two attached hydrogens (primary N) is 1. The molecule has 2 aromatic rings. The van der Waals surface area contributed by atoms with Crippen LogP contribution >= 0.6 is 11.8 Å². The molecule has 0 unspecified atom stereocenters. The average molecular weight is 261 g/mol. The quantitative estimate of drug-likeness (QED) is 0.863. The summed E-state index contributed by atoms with van der Waals surface area (Å²) in [6, 6.07) is 7.57. The molecule has 0 saturated carbocycles. The molecule has 2 rings (SSSR count). The molecule has 4 nitrogen and oxygen atoms in total. The average Bonchev–Trinajstić information content (AvgIpc) is 2.34. The van der Waals surface area contributed by atoms with Gasteiger partial charge in [-0.05, 0) is 26.0 Å². The number of para-hydroxylation sites is 1. The number of anilines is 1. The van der Waals surface area contributed by atoms with E-state index in [1.165, 1.54) is 11.8 Å². The molecule has 5 heteroatoms. The van der Waals surface area contributed by atoms with Gasteiger partial charge < -0.3 is 10.3 Å². The van der Waals surface area contributed by atoms with Crippen LogP contribution in [0.25, 0.3) is 0 Å². The third-order valence-electron chi connectivity index (χ3n) is 2.52. The van der Waals surface area contributed by atoms with Gasteiger partial charge in [0.05, 0.1) is 0 Å². The van der Waals surface area contributed by atoms with Crippen LogP contribution in [0.5, 0.6) is 0 Å². The van der Waals surface area contributed by atoms with Crippen LogP contribution in [0.15, 0.2) is 51.4 Å². The molecule has 0 radical (unpaired) electrons. The smallest absolute Gasteiger partial charge is 0.283 e. The first-order valence-corrected chi connectivity index (χ1v) is 6.50. The lowest BCUT2D eigenvalue weighted by atomic mass is 10.3. The first-order chi connectivity index (χ1) is 8.59. The van der Waals surface area contributed by atoms with Crippen molar-refractivity contribution < 1.29 is 0 Å². The maximum atomic E-state index is 12.2. The number of aromatic nitrogens is 2. The molecule has 0 atom stereocenters. The van der Waals surface area contributed by atoms with E-state index in [4.69, 9.17) is 5.73 Å². The van der Waals surface area contributed by atoms with Gasteiger partial charge in [-0.1, -0.05) is 23.9 Å². The molecular weight excluding hydrogens is 246 g/mol. The zero-order valence-corrected chi connectivity index (χ0v) is 11.1. The van der Waals surface area contributed by atoms with Gasteiger partial charge in [0.25, 0.3) is 5.56 Å². The summed E-state index contributed by atoms with van der Waals surface area (Å²) in [6.45, 7) is 3.93. The Morgan fingerprint density at radius 2 is 2.06 bits per heavy atom. The number of rotatable bonds is 3. The van der Waals surface area contributed by atoms with Crippen LogP contribution in [0.3, 0.4) is 0 Å².